The molecule has 1 aliphatic heterocycles. The zero-order valence-electron chi connectivity index (χ0n) is 15.2. The van der Waals surface area contributed by atoms with E-state index in [1.165, 1.54) is 23.1 Å². The van der Waals surface area contributed by atoms with Gasteiger partial charge in [-0.05, 0) is 36.3 Å². The van der Waals surface area contributed by atoms with Crippen molar-refractivity contribution in [3.8, 4) is 0 Å². The van der Waals surface area contributed by atoms with E-state index >= 15 is 0 Å². The van der Waals surface area contributed by atoms with E-state index in [-0.39, 0.29) is 5.54 Å². The topological polar surface area (TPSA) is 24.7 Å². The largest absolute Gasteiger partial charge is 0.278 e. The molecule has 1 heterocycles. The van der Waals surface area contributed by atoms with E-state index in [1.54, 1.807) is 0 Å². The first-order valence-electron chi connectivity index (χ1n) is 9.77. The van der Waals surface area contributed by atoms with Crippen LogP contribution in [0.4, 0.5) is 0 Å². The van der Waals surface area contributed by atoms with E-state index in [9.17, 15) is 0 Å². The summed E-state index contributed by atoms with van der Waals surface area (Å²) in [6, 6.07) is 10.6. The Balaban J connectivity index is 1.61. The average Bonchev–Trinajstić information content (AvgIpc) is 3.45. The molecule has 1 saturated carbocycles. The van der Waals surface area contributed by atoms with Gasteiger partial charge in [-0.2, -0.15) is 0 Å². The Bertz CT molecular complexity index is 911. The molecule has 0 aromatic heterocycles. The molecule has 5 rings (SSSR count). The molecule has 26 heavy (non-hydrogen) atoms. The van der Waals surface area contributed by atoms with Crippen LogP contribution in [0.25, 0.3) is 0 Å². The summed E-state index contributed by atoms with van der Waals surface area (Å²) in [6.45, 7) is 3.02. The Labute approximate surface area is 155 Å². The van der Waals surface area contributed by atoms with Crippen LogP contribution < -0.4 is 0 Å². The van der Waals surface area contributed by atoms with Gasteiger partial charge >= 0.3 is 0 Å². The van der Waals surface area contributed by atoms with Gasteiger partial charge in [-0.25, -0.2) is 0 Å². The fourth-order valence-corrected chi connectivity index (χ4v) is 4.37. The van der Waals surface area contributed by atoms with Crippen molar-refractivity contribution in [3.05, 3.63) is 83.5 Å². The quantitative estimate of drug-likeness (QED) is 0.731. The number of aliphatic imine (C=N–C) groups is 2. The summed E-state index contributed by atoms with van der Waals surface area (Å²) in [7, 11) is 0. The normalized spacial score (nSPS) is 31.7. The second-order valence-corrected chi connectivity index (χ2v) is 7.73. The highest BCUT2D eigenvalue weighted by Gasteiger charge is 2.57. The third-order valence-corrected chi connectivity index (χ3v) is 6.16. The van der Waals surface area contributed by atoms with Crippen molar-refractivity contribution in [2.24, 2.45) is 21.8 Å². The molecule has 0 amide bonds. The Morgan fingerprint density at radius 3 is 2.77 bits per heavy atom. The number of hydrogen-bond acceptors (Lipinski definition) is 2. The van der Waals surface area contributed by atoms with E-state index in [0.29, 0.717) is 11.8 Å². The van der Waals surface area contributed by atoms with Gasteiger partial charge in [0, 0.05) is 11.5 Å². The lowest BCUT2D eigenvalue weighted by molar-refractivity contribution is 0.631. The van der Waals surface area contributed by atoms with Crippen LogP contribution in [0.1, 0.15) is 31.7 Å². The lowest BCUT2D eigenvalue weighted by atomic mass is 9.90. The first-order chi connectivity index (χ1) is 12.8. The molecule has 0 saturated heterocycles. The molecule has 0 radical (unpaired) electrons. The molecule has 1 spiro atoms. The molecule has 0 N–H and O–H groups in total. The first-order valence-corrected chi connectivity index (χ1v) is 9.77. The average molecular weight is 340 g/mol. The summed E-state index contributed by atoms with van der Waals surface area (Å²) in [4.78, 5) is 10.4. The van der Waals surface area contributed by atoms with Crippen molar-refractivity contribution in [2.45, 2.75) is 31.7 Å². The molecule has 3 aliphatic carbocycles. The van der Waals surface area contributed by atoms with Gasteiger partial charge in [-0.3, -0.25) is 9.98 Å². The molecule has 2 nitrogen and oxygen atoms in total. The smallest absolute Gasteiger partial charge is 0.0915 e. The molecule has 3 unspecified atom stereocenters. The Hall–Kier alpha value is -2.48. The Morgan fingerprint density at radius 2 is 2.00 bits per heavy atom. The van der Waals surface area contributed by atoms with Crippen molar-refractivity contribution >= 4 is 11.4 Å². The minimum Gasteiger partial charge on any atom is -0.278 e. The fourth-order valence-electron chi connectivity index (χ4n) is 4.37. The highest BCUT2D eigenvalue weighted by atomic mass is 15.0. The van der Waals surface area contributed by atoms with Gasteiger partial charge < -0.3 is 0 Å². The van der Waals surface area contributed by atoms with Gasteiger partial charge in [-0.1, -0.05) is 73.7 Å². The van der Waals surface area contributed by atoms with Crippen LogP contribution in [0, 0.1) is 11.8 Å². The number of nitrogens with zero attached hydrogens (tertiary/aromatic N) is 2. The van der Waals surface area contributed by atoms with Crippen LogP contribution in [0.2, 0.25) is 0 Å². The van der Waals surface area contributed by atoms with Crippen LogP contribution in [0.15, 0.2) is 87.9 Å². The molecule has 4 aliphatic rings. The summed E-state index contributed by atoms with van der Waals surface area (Å²) in [5.41, 5.74) is 5.89. The zero-order valence-corrected chi connectivity index (χ0v) is 15.2. The predicted molar refractivity (Wildman–Crippen MR) is 109 cm³/mol. The maximum absolute atomic E-state index is 5.36. The molecule has 2 heteroatoms. The highest BCUT2D eigenvalue weighted by Crippen LogP contribution is 2.56. The summed E-state index contributed by atoms with van der Waals surface area (Å²) >= 11 is 0. The molecule has 130 valence electrons. The fraction of sp³-hybridized carbons (Fsp3) is 0.333. The van der Waals surface area contributed by atoms with Gasteiger partial charge in [0.1, 0.15) is 0 Å². The van der Waals surface area contributed by atoms with Crippen molar-refractivity contribution in [1.29, 1.82) is 0 Å². The van der Waals surface area contributed by atoms with Gasteiger partial charge in [0.25, 0.3) is 0 Å². The van der Waals surface area contributed by atoms with Gasteiger partial charge in [-0.15, -0.1) is 0 Å². The minimum absolute atomic E-state index is 0.0317. The highest BCUT2D eigenvalue weighted by molar-refractivity contribution is 6.54. The zero-order chi connectivity index (χ0) is 17.6. The van der Waals surface area contributed by atoms with Crippen molar-refractivity contribution in [3.63, 3.8) is 0 Å². The van der Waals surface area contributed by atoms with Crippen LogP contribution in [0.3, 0.4) is 0 Å². The summed E-state index contributed by atoms with van der Waals surface area (Å²) < 4.78 is 0. The van der Waals surface area contributed by atoms with E-state index in [0.717, 1.165) is 30.8 Å². The Kier molecular flexibility index (Phi) is 3.66. The standard InChI is InChI=1S/C24H24N2/c1-2-17-11-13-19(14-12-17)22-23(18-7-4-3-5-8-18)26-24-15-20(24)9-6-10-21(24)16-25-22/h3-11,13-14,17,20H,2,12,15-16H2,1H3. The monoisotopic (exact) mass is 340 g/mol. The van der Waals surface area contributed by atoms with Gasteiger partial charge in [0.15, 0.2) is 0 Å². The van der Waals surface area contributed by atoms with Crippen molar-refractivity contribution < 1.29 is 0 Å². The minimum atomic E-state index is -0.0317. The van der Waals surface area contributed by atoms with Crippen molar-refractivity contribution in [2.75, 3.05) is 6.54 Å². The lowest BCUT2D eigenvalue weighted by Crippen LogP contribution is -2.22. The van der Waals surface area contributed by atoms with Crippen LogP contribution in [-0.2, 0) is 0 Å². The molecule has 1 aromatic rings. The van der Waals surface area contributed by atoms with Crippen LogP contribution >= 0.6 is 0 Å². The third kappa shape index (κ3) is 2.47. The lowest BCUT2D eigenvalue weighted by Gasteiger charge is -2.18. The van der Waals surface area contributed by atoms with E-state index < -0.39 is 0 Å². The maximum Gasteiger partial charge on any atom is 0.0915 e. The maximum atomic E-state index is 5.36. The van der Waals surface area contributed by atoms with E-state index in [2.05, 4.69) is 73.7 Å². The van der Waals surface area contributed by atoms with E-state index in [1.807, 2.05) is 0 Å². The van der Waals surface area contributed by atoms with Crippen LogP contribution in [0.5, 0.6) is 0 Å². The molecule has 1 aromatic carbocycles. The SMILES string of the molecule is CCC1C=CC(C2=NCC3=CC=CC4CC34N=C2c2ccccc2)=CC1. The molecular weight excluding hydrogens is 316 g/mol. The molecule has 3 atom stereocenters. The Morgan fingerprint density at radius 1 is 1.12 bits per heavy atom. The number of allylic oxidation sites excluding steroid dienone is 6. The summed E-state index contributed by atoms with van der Waals surface area (Å²) in [5.74, 6) is 1.21. The molecule has 0 bridgehead atoms. The van der Waals surface area contributed by atoms with E-state index in [4.69, 9.17) is 9.98 Å². The van der Waals surface area contributed by atoms with Gasteiger partial charge in [0.2, 0.25) is 0 Å². The second-order valence-electron chi connectivity index (χ2n) is 7.73. The molecular formula is C24H24N2. The summed E-state index contributed by atoms with van der Waals surface area (Å²) in [6.07, 6.45) is 17.1. The third-order valence-electron chi connectivity index (χ3n) is 6.16. The second kappa shape index (κ2) is 6.05. The first kappa shape index (κ1) is 15.7. The number of rotatable bonds is 3. The number of benzene rings is 1. The predicted octanol–water partition coefficient (Wildman–Crippen LogP) is 5.10. The van der Waals surface area contributed by atoms with Gasteiger partial charge in [0.05, 0.1) is 23.5 Å². The summed E-state index contributed by atoms with van der Waals surface area (Å²) in [5, 5.41) is 0. The van der Waals surface area contributed by atoms with Crippen molar-refractivity contribution in [1.82, 2.24) is 0 Å². The van der Waals surface area contributed by atoms with Crippen LogP contribution in [-0.4, -0.2) is 23.5 Å². The molecule has 1 fully saturated rings. The number of hydrogen-bond donors (Lipinski definition) is 0.